The second kappa shape index (κ2) is 7.51. The second-order valence-electron chi connectivity index (χ2n) is 4.57. The molecule has 3 nitrogen and oxygen atoms in total. The van der Waals surface area contributed by atoms with Gasteiger partial charge in [-0.25, -0.2) is 0 Å². The van der Waals surface area contributed by atoms with E-state index in [1.807, 2.05) is 0 Å². The van der Waals surface area contributed by atoms with Gasteiger partial charge in [-0.2, -0.15) is 0 Å². The number of hydrogen-bond acceptors (Lipinski definition) is 2. The summed E-state index contributed by atoms with van der Waals surface area (Å²) in [6.07, 6.45) is 2.27. The third kappa shape index (κ3) is 4.17. The van der Waals surface area contributed by atoms with E-state index >= 15 is 0 Å². The number of ether oxygens (including phenoxy) is 1. The summed E-state index contributed by atoms with van der Waals surface area (Å²) in [4.78, 5) is 0. The zero-order chi connectivity index (χ0) is 12.7. The highest BCUT2D eigenvalue weighted by atomic mass is 16.5. The van der Waals surface area contributed by atoms with Crippen LogP contribution >= 0.6 is 0 Å². The van der Waals surface area contributed by atoms with Gasteiger partial charge in [0.15, 0.2) is 0 Å². The minimum Gasteiger partial charge on any atom is -0.385 e. The van der Waals surface area contributed by atoms with Crippen molar-refractivity contribution in [2.75, 3.05) is 20.3 Å². The maximum Gasteiger partial charge on any atom is 0.0479 e. The van der Waals surface area contributed by atoms with E-state index in [-0.39, 0.29) is 0 Å². The van der Waals surface area contributed by atoms with Gasteiger partial charge in [-0.15, -0.1) is 0 Å². The molecule has 0 amide bonds. The van der Waals surface area contributed by atoms with Crippen molar-refractivity contribution in [3.05, 3.63) is 23.0 Å². The maximum atomic E-state index is 5.10. The average Bonchev–Trinajstić information content (AvgIpc) is 2.57. The first-order valence-corrected chi connectivity index (χ1v) is 6.56. The van der Waals surface area contributed by atoms with Crippen LogP contribution in [0.25, 0.3) is 0 Å². The van der Waals surface area contributed by atoms with Gasteiger partial charge in [-0.05, 0) is 44.9 Å². The van der Waals surface area contributed by atoms with Crippen molar-refractivity contribution in [1.29, 1.82) is 0 Å². The first-order valence-electron chi connectivity index (χ1n) is 6.56. The minimum absolute atomic E-state index is 0.834. The van der Waals surface area contributed by atoms with Crippen LogP contribution in [0.2, 0.25) is 0 Å². The Hall–Kier alpha value is -0.800. The van der Waals surface area contributed by atoms with Gasteiger partial charge in [0.05, 0.1) is 0 Å². The van der Waals surface area contributed by atoms with Gasteiger partial charge in [0.2, 0.25) is 0 Å². The summed E-state index contributed by atoms with van der Waals surface area (Å²) in [6, 6.07) is 2.30. The monoisotopic (exact) mass is 238 g/mol. The van der Waals surface area contributed by atoms with Crippen molar-refractivity contribution in [2.45, 2.75) is 46.7 Å². The Bertz CT molecular complexity index is 331. The molecule has 0 spiro atoms. The van der Waals surface area contributed by atoms with Crippen LogP contribution < -0.4 is 5.32 Å². The number of nitrogens with zero attached hydrogens (tertiary/aromatic N) is 1. The normalized spacial score (nSPS) is 11.1. The summed E-state index contributed by atoms with van der Waals surface area (Å²) in [5.74, 6) is 0. The fraction of sp³-hybridized carbons (Fsp3) is 0.714. The number of hydrogen-bond donors (Lipinski definition) is 1. The molecule has 0 unspecified atom stereocenters. The summed E-state index contributed by atoms with van der Waals surface area (Å²) in [6.45, 7) is 10.6. The molecule has 0 saturated carbocycles. The van der Waals surface area contributed by atoms with Crippen LogP contribution in [0.15, 0.2) is 6.07 Å². The predicted octanol–water partition coefficient (Wildman–Crippen LogP) is 2.64. The Balaban J connectivity index is 2.58. The van der Waals surface area contributed by atoms with Crippen LogP contribution in [0.4, 0.5) is 0 Å². The molecule has 0 saturated heterocycles. The Morgan fingerprint density at radius 1 is 1.35 bits per heavy atom. The van der Waals surface area contributed by atoms with Crippen molar-refractivity contribution in [3.8, 4) is 0 Å². The molecule has 0 aliphatic heterocycles. The molecular formula is C14H26N2O. The lowest BCUT2D eigenvalue weighted by molar-refractivity contribution is 0.190. The third-order valence-corrected chi connectivity index (χ3v) is 3.15. The van der Waals surface area contributed by atoms with Gasteiger partial charge >= 0.3 is 0 Å². The molecular weight excluding hydrogens is 212 g/mol. The molecule has 1 aromatic heterocycles. The lowest BCUT2D eigenvalue weighted by Gasteiger charge is -2.09. The summed E-state index contributed by atoms with van der Waals surface area (Å²) in [5, 5.41) is 3.46. The van der Waals surface area contributed by atoms with Crippen LogP contribution in [0.3, 0.4) is 0 Å². The van der Waals surface area contributed by atoms with E-state index < -0.39 is 0 Å². The van der Waals surface area contributed by atoms with Crippen molar-refractivity contribution < 1.29 is 4.74 Å². The first kappa shape index (κ1) is 14.3. The smallest absolute Gasteiger partial charge is 0.0479 e. The van der Waals surface area contributed by atoms with Crippen LogP contribution in [0.5, 0.6) is 0 Å². The van der Waals surface area contributed by atoms with Crippen LogP contribution in [0.1, 0.15) is 36.7 Å². The number of aryl methyl sites for hydroxylation is 1. The zero-order valence-electron chi connectivity index (χ0n) is 11.7. The summed E-state index contributed by atoms with van der Waals surface area (Å²) < 4.78 is 7.49. The highest BCUT2D eigenvalue weighted by molar-refractivity contribution is 5.26. The van der Waals surface area contributed by atoms with Gasteiger partial charge in [-0.1, -0.05) is 6.92 Å². The Morgan fingerprint density at radius 3 is 2.76 bits per heavy atom. The Labute approximate surface area is 105 Å². The van der Waals surface area contributed by atoms with E-state index in [9.17, 15) is 0 Å². The summed E-state index contributed by atoms with van der Waals surface area (Å²) in [5.41, 5.74) is 4.17. The molecule has 0 radical (unpaired) electrons. The van der Waals surface area contributed by atoms with Crippen LogP contribution in [-0.4, -0.2) is 24.8 Å². The lowest BCUT2D eigenvalue weighted by Crippen LogP contribution is -2.14. The Kier molecular flexibility index (Phi) is 6.30. The minimum atomic E-state index is 0.834. The molecule has 0 aromatic carbocycles. The molecule has 98 valence electrons. The van der Waals surface area contributed by atoms with Crippen molar-refractivity contribution in [3.63, 3.8) is 0 Å². The standard InChI is InChI=1S/C14H26N2O/c1-5-7-15-11-14-10-12(2)16(13(14)3)8-6-9-17-4/h10,15H,5-9,11H2,1-4H3. The van der Waals surface area contributed by atoms with Gasteiger partial charge in [0, 0.05) is 38.2 Å². The third-order valence-electron chi connectivity index (χ3n) is 3.15. The molecule has 1 rings (SSSR count). The molecule has 0 fully saturated rings. The summed E-state index contributed by atoms with van der Waals surface area (Å²) in [7, 11) is 1.76. The van der Waals surface area contributed by atoms with Crippen molar-refractivity contribution >= 4 is 0 Å². The molecule has 17 heavy (non-hydrogen) atoms. The average molecular weight is 238 g/mol. The molecule has 0 aliphatic carbocycles. The highest BCUT2D eigenvalue weighted by Crippen LogP contribution is 2.15. The molecule has 0 bridgehead atoms. The van der Waals surface area contributed by atoms with E-state index in [0.717, 1.165) is 32.7 Å². The molecule has 1 aromatic rings. The molecule has 1 N–H and O–H groups in total. The van der Waals surface area contributed by atoms with E-state index in [2.05, 4.69) is 36.7 Å². The molecule has 1 heterocycles. The fourth-order valence-corrected chi connectivity index (χ4v) is 2.16. The fourth-order valence-electron chi connectivity index (χ4n) is 2.16. The van der Waals surface area contributed by atoms with Crippen molar-refractivity contribution in [2.24, 2.45) is 0 Å². The van der Waals surface area contributed by atoms with Gasteiger partial charge in [0.25, 0.3) is 0 Å². The lowest BCUT2D eigenvalue weighted by atomic mass is 10.2. The number of aromatic nitrogens is 1. The van der Waals surface area contributed by atoms with E-state index in [1.54, 1.807) is 7.11 Å². The molecule has 0 atom stereocenters. The maximum absolute atomic E-state index is 5.10. The van der Waals surface area contributed by atoms with Crippen LogP contribution in [-0.2, 0) is 17.8 Å². The number of methoxy groups -OCH3 is 1. The second-order valence-corrected chi connectivity index (χ2v) is 4.57. The predicted molar refractivity (Wildman–Crippen MR) is 72.4 cm³/mol. The molecule has 3 heteroatoms. The van der Waals surface area contributed by atoms with E-state index in [0.29, 0.717) is 0 Å². The molecule has 0 aliphatic rings. The highest BCUT2D eigenvalue weighted by Gasteiger charge is 2.07. The van der Waals surface area contributed by atoms with E-state index in [4.69, 9.17) is 4.74 Å². The van der Waals surface area contributed by atoms with Crippen molar-refractivity contribution in [1.82, 2.24) is 9.88 Å². The van der Waals surface area contributed by atoms with Crippen LogP contribution in [0, 0.1) is 13.8 Å². The zero-order valence-corrected chi connectivity index (χ0v) is 11.7. The number of rotatable bonds is 8. The summed E-state index contributed by atoms with van der Waals surface area (Å²) >= 11 is 0. The number of nitrogens with one attached hydrogen (secondary N) is 1. The van der Waals surface area contributed by atoms with E-state index in [1.165, 1.54) is 23.4 Å². The Morgan fingerprint density at radius 2 is 2.12 bits per heavy atom. The topological polar surface area (TPSA) is 26.2 Å². The quantitative estimate of drug-likeness (QED) is 0.705. The largest absolute Gasteiger partial charge is 0.385 e. The first-order chi connectivity index (χ1) is 8.20. The van der Waals surface area contributed by atoms with Gasteiger partial charge in [0.1, 0.15) is 0 Å². The van der Waals surface area contributed by atoms with Gasteiger partial charge < -0.3 is 14.6 Å². The SMILES string of the molecule is CCCNCc1cc(C)n(CCCOC)c1C. The van der Waals surface area contributed by atoms with Gasteiger partial charge in [-0.3, -0.25) is 0 Å².